The fraction of sp³-hybridized carbons (Fsp3) is 0.692. The van der Waals surface area contributed by atoms with Crippen molar-refractivity contribution in [1.29, 1.82) is 0 Å². The van der Waals surface area contributed by atoms with Gasteiger partial charge in [-0.05, 0) is 37.7 Å². The molecule has 1 N–H and O–H groups in total. The van der Waals surface area contributed by atoms with Crippen molar-refractivity contribution in [1.82, 2.24) is 9.97 Å². The molecule has 1 aliphatic rings. The molecule has 18 heavy (non-hydrogen) atoms. The van der Waals surface area contributed by atoms with Crippen LogP contribution in [-0.2, 0) is 0 Å². The highest BCUT2D eigenvalue weighted by molar-refractivity contribution is 7.99. The highest BCUT2D eigenvalue weighted by atomic mass is 35.5. The number of halogens is 1. The molecule has 100 valence electrons. The molecule has 0 bridgehead atoms. The smallest absolute Gasteiger partial charge is 0.135 e. The second-order valence-electron chi connectivity index (χ2n) is 4.74. The van der Waals surface area contributed by atoms with Gasteiger partial charge in [-0.3, -0.25) is 0 Å². The Bertz CT molecular complexity index is 396. The zero-order valence-corrected chi connectivity index (χ0v) is 12.5. The molecule has 1 aromatic heterocycles. The Balaban J connectivity index is 1.91. The molecule has 1 unspecified atom stereocenters. The molecule has 5 heteroatoms. The molecule has 2 rings (SSSR count). The van der Waals surface area contributed by atoms with Gasteiger partial charge < -0.3 is 5.32 Å². The molecule has 0 radical (unpaired) electrons. The minimum atomic E-state index is 0.419. The summed E-state index contributed by atoms with van der Waals surface area (Å²) in [6.45, 7) is 4.37. The van der Waals surface area contributed by atoms with Gasteiger partial charge >= 0.3 is 0 Å². The molecule has 0 aromatic carbocycles. The van der Waals surface area contributed by atoms with Crippen LogP contribution in [0.25, 0.3) is 0 Å². The predicted molar refractivity (Wildman–Crippen MR) is 79.7 cm³/mol. The Hall–Kier alpha value is -0.480. The van der Waals surface area contributed by atoms with Crippen LogP contribution in [0, 0.1) is 0 Å². The van der Waals surface area contributed by atoms with Crippen LogP contribution in [0.3, 0.4) is 0 Å². The van der Waals surface area contributed by atoms with Crippen molar-refractivity contribution in [2.45, 2.75) is 45.1 Å². The normalized spacial score (nSPS) is 16.6. The zero-order chi connectivity index (χ0) is 13.0. The quantitative estimate of drug-likeness (QED) is 0.608. The number of aromatic nitrogens is 2. The molecule has 1 aliphatic carbocycles. The third-order valence-electron chi connectivity index (χ3n) is 2.95. The Morgan fingerprint density at radius 2 is 2.28 bits per heavy atom. The van der Waals surface area contributed by atoms with Crippen LogP contribution in [0.4, 0.5) is 5.82 Å². The van der Waals surface area contributed by atoms with Crippen LogP contribution in [0.5, 0.6) is 0 Å². The molecular weight excluding hydrogens is 266 g/mol. The molecule has 1 fully saturated rings. The van der Waals surface area contributed by atoms with Gasteiger partial charge in [0.15, 0.2) is 0 Å². The summed E-state index contributed by atoms with van der Waals surface area (Å²) in [6, 6.07) is 2.23. The number of nitrogens with one attached hydrogen (secondary N) is 1. The van der Waals surface area contributed by atoms with Gasteiger partial charge in [0.05, 0.1) is 0 Å². The molecule has 0 spiro atoms. The van der Waals surface area contributed by atoms with Gasteiger partial charge in [-0.1, -0.05) is 18.5 Å². The van der Waals surface area contributed by atoms with Gasteiger partial charge in [0.25, 0.3) is 0 Å². The fourth-order valence-corrected chi connectivity index (χ4v) is 2.76. The molecule has 1 atom stereocenters. The maximum atomic E-state index is 6.04. The van der Waals surface area contributed by atoms with E-state index in [1.54, 1.807) is 0 Å². The van der Waals surface area contributed by atoms with Crippen LogP contribution in [0.2, 0.25) is 5.15 Å². The fourth-order valence-electron chi connectivity index (χ4n) is 1.76. The summed E-state index contributed by atoms with van der Waals surface area (Å²) in [7, 11) is 0. The van der Waals surface area contributed by atoms with Crippen LogP contribution in [0.1, 0.15) is 44.9 Å². The lowest BCUT2D eigenvalue weighted by molar-refractivity contribution is 0.762. The number of thioether (sulfide) groups is 1. The molecule has 0 aliphatic heterocycles. The highest BCUT2D eigenvalue weighted by Crippen LogP contribution is 2.38. The summed E-state index contributed by atoms with van der Waals surface area (Å²) < 4.78 is 0. The summed E-state index contributed by atoms with van der Waals surface area (Å²) in [5.74, 6) is 4.66. The lowest BCUT2D eigenvalue weighted by Gasteiger charge is -2.14. The summed E-state index contributed by atoms with van der Waals surface area (Å²) >= 11 is 8.01. The summed E-state index contributed by atoms with van der Waals surface area (Å²) in [4.78, 5) is 8.84. The Labute approximate surface area is 118 Å². The van der Waals surface area contributed by atoms with Gasteiger partial charge in [0, 0.05) is 18.0 Å². The number of nitrogens with zero attached hydrogens (tertiary/aromatic N) is 2. The van der Waals surface area contributed by atoms with Crippen molar-refractivity contribution in [3.05, 3.63) is 17.0 Å². The van der Waals surface area contributed by atoms with Crippen LogP contribution in [0.15, 0.2) is 6.07 Å². The van der Waals surface area contributed by atoms with Gasteiger partial charge in [-0.15, -0.1) is 0 Å². The summed E-state index contributed by atoms with van der Waals surface area (Å²) in [6.07, 6.45) is 3.53. The van der Waals surface area contributed by atoms with E-state index in [9.17, 15) is 0 Å². The largest absolute Gasteiger partial charge is 0.367 e. The van der Waals surface area contributed by atoms with E-state index in [1.807, 2.05) is 17.8 Å². The van der Waals surface area contributed by atoms with Gasteiger partial charge in [0.1, 0.15) is 16.8 Å². The van der Waals surface area contributed by atoms with E-state index in [1.165, 1.54) is 24.3 Å². The van der Waals surface area contributed by atoms with Crippen molar-refractivity contribution in [3.63, 3.8) is 0 Å². The Morgan fingerprint density at radius 3 is 2.94 bits per heavy atom. The average Bonchev–Trinajstić information content (AvgIpc) is 3.12. The third-order valence-corrected chi connectivity index (χ3v) is 4.07. The minimum absolute atomic E-state index is 0.419. The Morgan fingerprint density at radius 1 is 1.50 bits per heavy atom. The SMILES string of the molecule is CCSCCC(C)Nc1cc(Cl)nc(C2CC2)n1. The van der Waals surface area contributed by atoms with E-state index in [0.29, 0.717) is 17.1 Å². The van der Waals surface area contributed by atoms with E-state index in [0.717, 1.165) is 18.1 Å². The summed E-state index contributed by atoms with van der Waals surface area (Å²) in [5, 5.41) is 3.96. The first-order valence-corrected chi connectivity index (χ1v) is 8.11. The first-order valence-electron chi connectivity index (χ1n) is 6.57. The monoisotopic (exact) mass is 285 g/mol. The van der Waals surface area contributed by atoms with Crippen molar-refractivity contribution in [2.24, 2.45) is 0 Å². The molecule has 1 saturated carbocycles. The van der Waals surface area contributed by atoms with Gasteiger partial charge in [0.2, 0.25) is 0 Å². The second kappa shape index (κ2) is 6.62. The molecule has 1 heterocycles. The second-order valence-corrected chi connectivity index (χ2v) is 6.52. The molecule has 3 nitrogen and oxygen atoms in total. The highest BCUT2D eigenvalue weighted by Gasteiger charge is 2.27. The topological polar surface area (TPSA) is 37.8 Å². The standard InChI is InChI=1S/C13H20ClN3S/c1-3-18-7-6-9(2)15-12-8-11(14)16-13(17-12)10-4-5-10/h8-10H,3-7H2,1-2H3,(H,15,16,17). The molecule has 1 aromatic rings. The van der Waals surface area contributed by atoms with Crippen molar-refractivity contribution < 1.29 is 0 Å². The van der Waals surface area contributed by atoms with E-state index in [-0.39, 0.29) is 0 Å². The summed E-state index contributed by atoms with van der Waals surface area (Å²) in [5.41, 5.74) is 0. The van der Waals surface area contributed by atoms with Crippen molar-refractivity contribution in [2.75, 3.05) is 16.8 Å². The van der Waals surface area contributed by atoms with E-state index >= 15 is 0 Å². The maximum absolute atomic E-state index is 6.04. The minimum Gasteiger partial charge on any atom is -0.367 e. The number of hydrogen-bond acceptors (Lipinski definition) is 4. The van der Waals surface area contributed by atoms with E-state index in [2.05, 4.69) is 29.1 Å². The lowest BCUT2D eigenvalue weighted by atomic mass is 10.2. The third kappa shape index (κ3) is 4.32. The first-order chi connectivity index (χ1) is 8.69. The maximum Gasteiger partial charge on any atom is 0.135 e. The van der Waals surface area contributed by atoms with Crippen molar-refractivity contribution >= 4 is 29.2 Å². The average molecular weight is 286 g/mol. The van der Waals surface area contributed by atoms with E-state index < -0.39 is 0 Å². The van der Waals surface area contributed by atoms with Gasteiger partial charge in [-0.2, -0.15) is 11.8 Å². The Kier molecular flexibility index (Phi) is 5.13. The van der Waals surface area contributed by atoms with Gasteiger partial charge in [-0.25, -0.2) is 9.97 Å². The van der Waals surface area contributed by atoms with Crippen LogP contribution < -0.4 is 5.32 Å². The van der Waals surface area contributed by atoms with E-state index in [4.69, 9.17) is 11.6 Å². The molecule has 0 saturated heterocycles. The van der Waals surface area contributed by atoms with Crippen LogP contribution >= 0.6 is 23.4 Å². The van der Waals surface area contributed by atoms with Crippen molar-refractivity contribution in [3.8, 4) is 0 Å². The van der Waals surface area contributed by atoms with Crippen LogP contribution in [-0.4, -0.2) is 27.5 Å². The first kappa shape index (κ1) is 13.9. The zero-order valence-electron chi connectivity index (χ0n) is 10.9. The number of anilines is 1. The lowest BCUT2D eigenvalue weighted by Crippen LogP contribution is -2.17. The predicted octanol–water partition coefficient (Wildman–Crippen LogP) is 3.95. The molecule has 0 amide bonds. The number of hydrogen-bond donors (Lipinski definition) is 1. The molecular formula is C13H20ClN3S. The number of rotatable bonds is 7.